The zero-order valence-electron chi connectivity index (χ0n) is 10.5. The van der Waals surface area contributed by atoms with Crippen LogP contribution in [0.15, 0.2) is 17.5 Å². The van der Waals surface area contributed by atoms with Gasteiger partial charge in [-0.2, -0.15) is 0 Å². The summed E-state index contributed by atoms with van der Waals surface area (Å²) in [5.41, 5.74) is -0.0526. The number of allylic oxidation sites excluding steroid dienone is 2. The Labute approximate surface area is 118 Å². The number of hydrogen-bond donors (Lipinski definition) is 1. The molecule has 0 aromatic carbocycles. The van der Waals surface area contributed by atoms with Gasteiger partial charge in [-0.1, -0.05) is 12.2 Å². The predicted octanol–water partition coefficient (Wildman–Crippen LogP) is 1.29. The van der Waals surface area contributed by atoms with Crippen molar-refractivity contribution in [2.75, 3.05) is 0 Å². The van der Waals surface area contributed by atoms with E-state index in [2.05, 4.69) is 4.98 Å². The number of thiazole rings is 1. The van der Waals surface area contributed by atoms with Crippen molar-refractivity contribution in [2.45, 2.75) is 19.4 Å². The van der Waals surface area contributed by atoms with Crippen LogP contribution in [-0.4, -0.2) is 32.8 Å². The fraction of sp³-hybridized carbons (Fsp3) is 0.385. The Hall–Kier alpha value is -2.02. The van der Waals surface area contributed by atoms with E-state index in [0.29, 0.717) is 17.8 Å². The number of aromatic carboxylic acids is 1. The normalized spacial score (nSPS) is 25.1. The van der Waals surface area contributed by atoms with Crippen molar-refractivity contribution < 1.29 is 19.5 Å². The fourth-order valence-corrected chi connectivity index (χ4v) is 3.40. The number of amides is 2. The number of rotatable bonds is 3. The maximum atomic E-state index is 12.2. The highest BCUT2D eigenvalue weighted by Crippen LogP contribution is 2.35. The van der Waals surface area contributed by atoms with Gasteiger partial charge in [0.15, 0.2) is 5.69 Å². The zero-order chi connectivity index (χ0) is 14.3. The summed E-state index contributed by atoms with van der Waals surface area (Å²) in [5, 5.41) is 10.7. The van der Waals surface area contributed by atoms with Gasteiger partial charge in [0.25, 0.3) is 0 Å². The lowest BCUT2D eigenvalue weighted by Gasteiger charge is -2.14. The maximum absolute atomic E-state index is 12.2. The van der Waals surface area contributed by atoms with Crippen LogP contribution in [0.5, 0.6) is 0 Å². The van der Waals surface area contributed by atoms with Crippen molar-refractivity contribution in [3.05, 3.63) is 28.2 Å². The van der Waals surface area contributed by atoms with Crippen molar-refractivity contribution in [1.29, 1.82) is 0 Å². The van der Waals surface area contributed by atoms with Crippen LogP contribution >= 0.6 is 11.3 Å². The number of imide groups is 1. The van der Waals surface area contributed by atoms with Crippen LogP contribution in [0.2, 0.25) is 0 Å². The second-order valence-corrected chi connectivity index (χ2v) is 5.79. The SMILES string of the molecule is O=C(O)c1csc(CN2C(=O)[C@H]3CC=CC[C@H]3C2=O)n1. The molecule has 0 saturated carbocycles. The molecule has 1 aromatic heterocycles. The van der Waals surface area contributed by atoms with Crippen LogP contribution in [0.25, 0.3) is 0 Å². The minimum Gasteiger partial charge on any atom is -0.476 e. The van der Waals surface area contributed by atoms with Crippen LogP contribution in [0.3, 0.4) is 0 Å². The van der Waals surface area contributed by atoms with Gasteiger partial charge in [0.05, 0.1) is 18.4 Å². The van der Waals surface area contributed by atoms with E-state index in [1.807, 2.05) is 12.2 Å². The number of carboxylic acids is 1. The highest BCUT2D eigenvalue weighted by molar-refractivity contribution is 7.09. The molecule has 0 unspecified atom stereocenters. The van der Waals surface area contributed by atoms with E-state index in [1.165, 1.54) is 10.3 Å². The Balaban J connectivity index is 1.79. The van der Waals surface area contributed by atoms with Gasteiger partial charge in [0.2, 0.25) is 11.8 Å². The molecule has 1 saturated heterocycles. The number of carboxylic acid groups (broad SMARTS) is 1. The molecule has 6 nitrogen and oxygen atoms in total. The van der Waals surface area contributed by atoms with Crippen LogP contribution in [0, 0.1) is 11.8 Å². The average Bonchev–Trinajstić information content (AvgIpc) is 3.00. The molecule has 0 radical (unpaired) electrons. The molecule has 0 spiro atoms. The first kappa shape index (κ1) is 13.0. The Morgan fingerprint density at radius 2 is 1.90 bits per heavy atom. The van der Waals surface area contributed by atoms with Crippen molar-refractivity contribution in [3.63, 3.8) is 0 Å². The first-order valence-corrected chi connectivity index (χ1v) is 7.14. The van der Waals surface area contributed by atoms with E-state index in [1.54, 1.807) is 0 Å². The van der Waals surface area contributed by atoms with Gasteiger partial charge in [0, 0.05) is 5.38 Å². The molecule has 7 heteroatoms. The third-order valence-corrected chi connectivity index (χ3v) is 4.50. The van der Waals surface area contributed by atoms with E-state index in [-0.39, 0.29) is 35.9 Å². The minimum atomic E-state index is -1.11. The van der Waals surface area contributed by atoms with E-state index < -0.39 is 5.97 Å². The Bertz CT molecular complexity index is 596. The molecule has 2 amide bonds. The summed E-state index contributed by atoms with van der Waals surface area (Å²) in [6.07, 6.45) is 5.07. The van der Waals surface area contributed by atoms with E-state index in [4.69, 9.17) is 5.11 Å². The highest BCUT2D eigenvalue weighted by atomic mass is 32.1. The van der Waals surface area contributed by atoms with Crippen LogP contribution < -0.4 is 0 Å². The molecule has 1 fully saturated rings. The van der Waals surface area contributed by atoms with Gasteiger partial charge < -0.3 is 5.11 Å². The van der Waals surface area contributed by atoms with Gasteiger partial charge in [-0.25, -0.2) is 9.78 Å². The lowest BCUT2D eigenvalue weighted by atomic mass is 9.85. The smallest absolute Gasteiger partial charge is 0.355 e. The second-order valence-electron chi connectivity index (χ2n) is 4.85. The summed E-state index contributed by atoms with van der Waals surface area (Å²) in [4.78, 5) is 40.4. The first-order valence-electron chi connectivity index (χ1n) is 6.26. The van der Waals surface area contributed by atoms with E-state index in [9.17, 15) is 14.4 Å². The van der Waals surface area contributed by atoms with Gasteiger partial charge in [0.1, 0.15) is 5.01 Å². The first-order chi connectivity index (χ1) is 9.58. The number of fused-ring (bicyclic) bond motifs is 1. The van der Waals surface area contributed by atoms with Crippen molar-refractivity contribution in [1.82, 2.24) is 9.88 Å². The molecule has 2 aliphatic rings. The molecule has 3 rings (SSSR count). The summed E-state index contributed by atoms with van der Waals surface area (Å²) in [6, 6.07) is 0. The minimum absolute atomic E-state index is 0.0526. The van der Waals surface area contributed by atoms with Gasteiger partial charge in [-0.15, -0.1) is 11.3 Å². The van der Waals surface area contributed by atoms with Gasteiger partial charge >= 0.3 is 5.97 Å². The molecule has 20 heavy (non-hydrogen) atoms. The third kappa shape index (κ3) is 2.03. The molecule has 2 atom stereocenters. The number of aromatic nitrogens is 1. The number of likely N-dealkylation sites (tertiary alicyclic amines) is 1. The second kappa shape index (κ2) is 4.82. The van der Waals surface area contributed by atoms with Gasteiger partial charge in [-0.05, 0) is 12.8 Å². The maximum Gasteiger partial charge on any atom is 0.355 e. The summed E-state index contributed by atoms with van der Waals surface area (Å²) in [5.74, 6) is -1.96. The third-order valence-electron chi connectivity index (χ3n) is 3.66. The molecule has 1 aromatic rings. The Morgan fingerprint density at radius 1 is 1.30 bits per heavy atom. The molecule has 1 N–H and O–H groups in total. The summed E-state index contributed by atoms with van der Waals surface area (Å²) in [7, 11) is 0. The number of carbonyl (C=O) groups is 3. The lowest BCUT2D eigenvalue weighted by Crippen LogP contribution is -2.30. The average molecular weight is 292 g/mol. The molecule has 0 bridgehead atoms. The quantitative estimate of drug-likeness (QED) is 0.670. The standard InChI is InChI=1S/C13H12N2O4S/c16-11-7-3-1-2-4-8(7)12(17)15(11)5-10-14-9(6-20-10)13(18)19/h1-2,6-8H,3-5H2,(H,18,19)/t7-,8+. The summed E-state index contributed by atoms with van der Waals surface area (Å²) in [6.45, 7) is 0.0720. The topological polar surface area (TPSA) is 87.6 Å². The van der Waals surface area contributed by atoms with Crippen molar-refractivity contribution in [3.8, 4) is 0 Å². The molecular weight excluding hydrogens is 280 g/mol. The molecule has 1 aliphatic carbocycles. The monoisotopic (exact) mass is 292 g/mol. The molecule has 2 heterocycles. The van der Waals surface area contributed by atoms with Crippen LogP contribution in [0.4, 0.5) is 0 Å². The number of hydrogen-bond acceptors (Lipinski definition) is 5. The van der Waals surface area contributed by atoms with E-state index >= 15 is 0 Å². The fourth-order valence-electron chi connectivity index (χ4n) is 2.64. The largest absolute Gasteiger partial charge is 0.476 e. The summed E-state index contributed by atoms with van der Waals surface area (Å²) >= 11 is 1.15. The molecule has 104 valence electrons. The molecule has 1 aliphatic heterocycles. The highest BCUT2D eigenvalue weighted by Gasteiger charge is 2.47. The Kier molecular flexibility index (Phi) is 3.13. The lowest BCUT2D eigenvalue weighted by molar-refractivity contribution is -0.140. The number of nitrogens with zero attached hydrogens (tertiary/aromatic N) is 2. The van der Waals surface area contributed by atoms with Crippen LogP contribution in [-0.2, 0) is 16.1 Å². The van der Waals surface area contributed by atoms with E-state index in [0.717, 1.165) is 11.3 Å². The van der Waals surface area contributed by atoms with Crippen LogP contribution in [0.1, 0.15) is 28.3 Å². The van der Waals surface area contributed by atoms with Gasteiger partial charge in [-0.3, -0.25) is 14.5 Å². The Morgan fingerprint density at radius 3 is 2.40 bits per heavy atom. The predicted molar refractivity (Wildman–Crippen MR) is 70.0 cm³/mol. The number of carbonyl (C=O) groups excluding carboxylic acids is 2. The van der Waals surface area contributed by atoms with Crippen molar-refractivity contribution >= 4 is 29.1 Å². The summed E-state index contributed by atoms with van der Waals surface area (Å²) < 4.78 is 0. The van der Waals surface area contributed by atoms with Crippen molar-refractivity contribution in [2.24, 2.45) is 11.8 Å². The molecular formula is C13H12N2O4S. The zero-order valence-corrected chi connectivity index (χ0v) is 11.3.